The van der Waals surface area contributed by atoms with E-state index in [0.29, 0.717) is 29.1 Å². The normalized spacial score (nSPS) is 11.2. The molecule has 0 atom stereocenters. The molecule has 0 amide bonds. The first-order valence-electron chi connectivity index (χ1n) is 6.54. The summed E-state index contributed by atoms with van der Waals surface area (Å²) < 4.78 is 18.7. The van der Waals surface area contributed by atoms with Crippen LogP contribution in [0.5, 0.6) is 5.75 Å². The van der Waals surface area contributed by atoms with E-state index in [1.807, 2.05) is 6.92 Å². The van der Waals surface area contributed by atoms with Crippen LogP contribution in [0.1, 0.15) is 18.1 Å². The molecule has 108 valence electrons. The van der Waals surface area contributed by atoms with E-state index in [1.165, 1.54) is 12.1 Å². The van der Waals surface area contributed by atoms with Gasteiger partial charge in [0.25, 0.3) is 0 Å². The monoisotopic (exact) mass is 286 g/mol. The predicted molar refractivity (Wildman–Crippen MR) is 78.7 cm³/mol. The standard InChI is InChI=1S/C17H15FO3/c1-2-21-15-8-6-12(7-9-15)16(11-17(19)20)13-4-3-5-14(18)10-13/h3-11H,2H2,1H3,(H,19,20). The highest BCUT2D eigenvalue weighted by Crippen LogP contribution is 2.25. The fourth-order valence-electron chi connectivity index (χ4n) is 2.01. The number of halogens is 1. The second-order valence-corrected chi connectivity index (χ2v) is 4.36. The van der Waals surface area contributed by atoms with Crippen molar-refractivity contribution >= 4 is 11.5 Å². The molecule has 0 unspecified atom stereocenters. The zero-order valence-corrected chi connectivity index (χ0v) is 11.5. The summed E-state index contributed by atoms with van der Waals surface area (Å²) in [5, 5.41) is 9.02. The van der Waals surface area contributed by atoms with Gasteiger partial charge in [-0.05, 0) is 47.9 Å². The van der Waals surface area contributed by atoms with E-state index < -0.39 is 11.8 Å². The largest absolute Gasteiger partial charge is 0.494 e. The van der Waals surface area contributed by atoms with Crippen molar-refractivity contribution in [2.24, 2.45) is 0 Å². The van der Waals surface area contributed by atoms with Crippen LogP contribution in [0.25, 0.3) is 5.57 Å². The van der Waals surface area contributed by atoms with Crippen LogP contribution in [0.2, 0.25) is 0 Å². The highest BCUT2D eigenvalue weighted by molar-refractivity contribution is 5.95. The number of rotatable bonds is 5. The van der Waals surface area contributed by atoms with Crippen LogP contribution in [0, 0.1) is 5.82 Å². The maximum Gasteiger partial charge on any atom is 0.328 e. The number of hydrogen-bond donors (Lipinski definition) is 1. The van der Waals surface area contributed by atoms with Crippen molar-refractivity contribution in [2.75, 3.05) is 6.61 Å². The molecule has 0 saturated carbocycles. The smallest absolute Gasteiger partial charge is 0.328 e. The molecule has 3 nitrogen and oxygen atoms in total. The van der Waals surface area contributed by atoms with Gasteiger partial charge >= 0.3 is 5.97 Å². The molecule has 0 fully saturated rings. The maximum absolute atomic E-state index is 13.4. The molecule has 1 N–H and O–H groups in total. The van der Waals surface area contributed by atoms with Crippen LogP contribution < -0.4 is 4.74 Å². The summed E-state index contributed by atoms with van der Waals surface area (Å²) >= 11 is 0. The van der Waals surface area contributed by atoms with Gasteiger partial charge in [0.05, 0.1) is 6.61 Å². The number of carboxylic acids is 1. The van der Waals surface area contributed by atoms with E-state index >= 15 is 0 Å². The van der Waals surface area contributed by atoms with Crippen molar-refractivity contribution in [1.29, 1.82) is 0 Å². The number of carbonyl (C=O) groups is 1. The van der Waals surface area contributed by atoms with Gasteiger partial charge in [0.1, 0.15) is 11.6 Å². The van der Waals surface area contributed by atoms with Crippen LogP contribution in [-0.2, 0) is 4.79 Å². The van der Waals surface area contributed by atoms with Crippen LogP contribution in [-0.4, -0.2) is 17.7 Å². The molecule has 2 rings (SSSR count). The Bertz CT molecular complexity index is 660. The molecule has 2 aromatic carbocycles. The minimum Gasteiger partial charge on any atom is -0.494 e. The molecule has 0 aliphatic heterocycles. The SMILES string of the molecule is CCOc1ccc(C(=CC(=O)O)c2cccc(F)c2)cc1. The highest BCUT2D eigenvalue weighted by Gasteiger charge is 2.08. The summed E-state index contributed by atoms with van der Waals surface area (Å²) in [6.07, 6.45) is 1.07. The zero-order chi connectivity index (χ0) is 15.2. The van der Waals surface area contributed by atoms with E-state index in [1.54, 1.807) is 36.4 Å². The second-order valence-electron chi connectivity index (χ2n) is 4.36. The molecule has 0 spiro atoms. The molecule has 21 heavy (non-hydrogen) atoms. The average molecular weight is 286 g/mol. The molecular formula is C17H15FO3. The van der Waals surface area contributed by atoms with Gasteiger partial charge in [-0.15, -0.1) is 0 Å². The van der Waals surface area contributed by atoms with Gasteiger partial charge in [0.2, 0.25) is 0 Å². The van der Waals surface area contributed by atoms with Crippen LogP contribution in [0.3, 0.4) is 0 Å². The number of ether oxygens (including phenoxy) is 1. The molecule has 4 heteroatoms. The predicted octanol–water partition coefficient (Wildman–Crippen LogP) is 3.74. The lowest BCUT2D eigenvalue weighted by molar-refractivity contribution is -0.131. The summed E-state index contributed by atoms with van der Waals surface area (Å²) in [6.45, 7) is 2.44. The van der Waals surface area contributed by atoms with Gasteiger partial charge in [-0.2, -0.15) is 0 Å². The van der Waals surface area contributed by atoms with Crippen LogP contribution in [0.4, 0.5) is 4.39 Å². The van der Waals surface area contributed by atoms with Gasteiger partial charge < -0.3 is 9.84 Å². The topological polar surface area (TPSA) is 46.5 Å². The second kappa shape index (κ2) is 6.70. The maximum atomic E-state index is 13.4. The van der Waals surface area contributed by atoms with Crippen molar-refractivity contribution in [3.05, 3.63) is 71.6 Å². The molecule has 0 heterocycles. The van der Waals surface area contributed by atoms with Crippen molar-refractivity contribution in [2.45, 2.75) is 6.92 Å². The number of carboxylic acid groups (broad SMARTS) is 1. The fourth-order valence-corrected chi connectivity index (χ4v) is 2.01. The molecule has 0 aliphatic rings. The van der Waals surface area contributed by atoms with Gasteiger partial charge in [-0.1, -0.05) is 24.3 Å². The van der Waals surface area contributed by atoms with E-state index in [9.17, 15) is 9.18 Å². The summed E-state index contributed by atoms with van der Waals surface area (Å²) in [7, 11) is 0. The lowest BCUT2D eigenvalue weighted by Crippen LogP contribution is -1.96. The molecule has 0 aliphatic carbocycles. The molecule has 0 aromatic heterocycles. The quantitative estimate of drug-likeness (QED) is 0.852. The van der Waals surface area contributed by atoms with E-state index in [0.717, 1.165) is 6.08 Å². The highest BCUT2D eigenvalue weighted by atomic mass is 19.1. The summed E-state index contributed by atoms with van der Waals surface area (Å²) in [4.78, 5) is 11.0. The minimum absolute atomic E-state index is 0.408. The third-order valence-corrected chi connectivity index (χ3v) is 2.88. The number of hydrogen-bond acceptors (Lipinski definition) is 2. The lowest BCUT2D eigenvalue weighted by atomic mass is 9.97. The number of aliphatic carboxylic acids is 1. The first kappa shape index (κ1) is 14.8. The van der Waals surface area contributed by atoms with Crippen LogP contribution >= 0.6 is 0 Å². The Kier molecular flexibility index (Phi) is 4.72. The summed E-state index contributed by atoms with van der Waals surface area (Å²) in [5.74, 6) is -0.784. The number of benzene rings is 2. The Morgan fingerprint density at radius 1 is 1.19 bits per heavy atom. The first-order valence-corrected chi connectivity index (χ1v) is 6.54. The average Bonchev–Trinajstić information content (AvgIpc) is 2.46. The van der Waals surface area contributed by atoms with Crippen molar-refractivity contribution in [3.8, 4) is 5.75 Å². The Hall–Kier alpha value is -2.62. The summed E-state index contributed by atoms with van der Waals surface area (Å²) in [6, 6.07) is 12.9. The molecule has 0 bridgehead atoms. The van der Waals surface area contributed by atoms with Crippen molar-refractivity contribution in [1.82, 2.24) is 0 Å². The Labute approximate surface area is 122 Å². The third kappa shape index (κ3) is 3.92. The molecule has 0 saturated heterocycles. The Balaban J connectivity index is 2.44. The van der Waals surface area contributed by atoms with Crippen LogP contribution in [0.15, 0.2) is 54.6 Å². The molecule has 2 aromatic rings. The Morgan fingerprint density at radius 3 is 2.48 bits per heavy atom. The van der Waals surface area contributed by atoms with Crippen molar-refractivity contribution in [3.63, 3.8) is 0 Å². The van der Waals surface area contributed by atoms with E-state index in [-0.39, 0.29) is 0 Å². The van der Waals surface area contributed by atoms with Gasteiger partial charge in [0, 0.05) is 6.08 Å². The third-order valence-electron chi connectivity index (χ3n) is 2.88. The van der Waals surface area contributed by atoms with E-state index in [2.05, 4.69) is 0 Å². The van der Waals surface area contributed by atoms with Crippen molar-refractivity contribution < 1.29 is 19.0 Å². The molecular weight excluding hydrogens is 271 g/mol. The molecule has 0 radical (unpaired) electrons. The Morgan fingerprint density at radius 2 is 1.90 bits per heavy atom. The first-order chi connectivity index (χ1) is 10.1. The summed E-state index contributed by atoms with van der Waals surface area (Å²) in [5.41, 5.74) is 1.65. The van der Waals surface area contributed by atoms with E-state index in [4.69, 9.17) is 9.84 Å². The van der Waals surface area contributed by atoms with Gasteiger partial charge in [-0.3, -0.25) is 0 Å². The van der Waals surface area contributed by atoms with Gasteiger partial charge in [-0.25, -0.2) is 9.18 Å². The van der Waals surface area contributed by atoms with Gasteiger partial charge in [0.15, 0.2) is 0 Å². The minimum atomic E-state index is -1.08. The zero-order valence-electron chi connectivity index (χ0n) is 11.5. The lowest BCUT2D eigenvalue weighted by Gasteiger charge is -2.09. The fraction of sp³-hybridized carbons (Fsp3) is 0.118.